The molecule has 1 aliphatic rings. The lowest BCUT2D eigenvalue weighted by Gasteiger charge is -2.35. The Hall–Kier alpha value is -0.770. The van der Waals surface area contributed by atoms with Crippen molar-refractivity contribution in [2.45, 2.75) is 18.9 Å². The Kier molecular flexibility index (Phi) is 3.92. The molecule has 0 radical (unpaired) electrons. The summed E-state index contributed by atoms with van der Waals surface area (Å²) in [6, 6.07) is 5.92. The van der Waals surface area contributed by atoms with E-state index in [2.05, 4.69) is 12.2 Å². The Bertz CT molecular complexity index is 389. The molecule has 1 heterocycles. The lowest BCUT2D eigenvalue weighted by molar-refractivity contribution is 0.0356. The first kappa shape index (κ1) is 12.7. The second kappa shape index (κ2) is 5.25. The number of ether oxygens (including phenoxy) is 2. The van der Waals surface area contributed by atoms with Gasteiger partial charge in [0.2, 0.25) is 0 Å². The fourth-order valence-corrected chi connectivity index (χ4v) is 2.44. The number of rotatable bonds is 3. The first-order chi connectivity index (χ1) is 8.13. The first-order valence-electron chi connectivity index (χ1n) is 5.78. The van der Waals surface area contributed by atoms with Crippen LogP contribution in [0.1, 0.15) is 12.5 Å². The molecule has 1 aliphatic heterocycles. The fraction of sp³-hybridized carbons (Fsp3) is 0.538. The lowest BCUT2D eigenvalue weighted by atomic mass is 9.93. The quantitative estimate of drug-likeness (QED) is 0.899. The Morgan fingerprint density at radius 2 is 2.35 bits per heavy atom. The van der Waals surface area contributed by atoms with E-state index >= 15 is 0 Å². The van der Waals surface area contributed by atoms with E-state index in [4.69, 9.17) is 21.1 Å². The van der Waals surface area contributed by atoms with Crippen molar-refractivity contribution in [3.63, 3.8) is 0 Å². The minimum atomic E-state index is -0.00380. The van der Waals surface area contributed by atoms with Gasteiger partial charge in [-0.1, -0.05) is 17.7 Å². The summed E-state index contributed by atoms with van der Waals surface area (Å²) in [7, 11) is 1.62. The Morgan fingerprint density at radius 1 is 1.53 bits per heavy atom. The average Bonchev–Trinajstić information content (AvgIpc) is 2.29. The number of nitrogens with one attached hydrogen (secondary N) is 1. The monoisotopic (exact) mass is 255 g/mol. The summed E-state index contributed by atoms with van der Waals surface area (Å²) >= 11 is 6.12. The smallest absolute Gasteiger partial charge is 0.137 e. The molecule has 0 spiro atoms. The van der Waals surface area contributed by atoms with E-state index in [0.29, 0.717) is 10.8 Å². The molecule has 1 unspecified atom stereocenters. The third-order valence-corrected chi connectivity index (χ3v) is 3.32. The maximum Gasteiger partial charge on any atom is 0.137 e. The number of hydrogen-bond acceptors (Lipinski definition) is 3. The lowest BCUT2D eigenvalue weighted by Crippen LogP contribution is -2.53. The van der Waals surface area contributed by atoms with Crippen molar-refractivity contribution in [3.05, 3.63) is 28.8 Å². The minimum absolute atomic E-state index is 0.00380. The van der Waals surface area contributed by atoms with E-state index in [9.17, 15) is 0 Å². The van der Waals surface area contributed by atoms with Crippen LogP contribution >= 0.6 is 11.6 Å². The Balaban J connectivity index is 2.10. The van der Waals surface area contributed by atoms with Crippen molar-refractivity contribution in [1.29, 1.82) is 0 Å². The molecule has 1 N–H and O–H groups in total. The zero-order valence-corrected chi connectivity index (χ0v) is 11.0. The van der Waals surface area contributed by atoms with Crippen molar-refractivity contribution in [3.8, 4) is 5.75 Å². The van der Waals surface area contributed by atoms with Crippen LogP contribution in [0.4, 0.5) is 0 Å². The fourth-order valence-electron chi connectivity index (χ4n) is 2.16. The van der Waals surface area contributed by atoms with Crippen molar-refractivity contribution in [2.24, 2.45) is 0 Å². The molecule has 17 heavy (non-hydrogen) atoms. The number of benzene rings is 1. The van der Waals surface area contributed by atoms with E-state index in [-0.39, 0.29) is 5.54 Å². The molecule has 0 saturated carbocycles. The van der Waals surface area contributed by atoms with Gasteiger partial charge >= 0.3 is 0 Å². The predicted octanol–water partition coefficient (Wildman–Crippen LogP) is 2.27. The highest BCUT2D eigenvalue weighted by atomic mass is 35.5. The SMILES string of the molecule is COc1ccc(CC2(C)COCCN2)cc1Cl. The highest BCUT2D eigenvalue weighted by molar-refractivity contribution is 6.32. The third-order valence-electron chi connectivity index (χ3n) is 3.03. The van der Waals surface area contributed by atoms with Crippen LogP contribution in [0, 0.1) is 0 Å². The van der Waals surface area contributed by atoms with Gasteiger partial charge in [-0.15, -0.1) is 0 Å². The second-order valence-electron chi connectivity index (χ2n) is 4.69. The molecule has 0 amide bonds. The molecule has 1 fully saturated rings. The summed E-state index contributed by atoms with van der Waals surface area (Å²) in [5.74, 6) is 0.716. The number of hydrogen-bond donors (Lipinski definition) is 1. The largest absolute Gasteiger partial charge is 0.495 e. The van der Waals surface area contributed by atoms with Gasteiger partial charge in [-0.05, 0) is 31.0 Å². The summed E-state index contributed by atoms with van der Waals surface area (Å²) in [6.45, 7) is 4.60. The van der Waals surface area contributed by atoms with E-state index in [1.807, 2.05) is 18.2 Å². The van der Waals surface area contributed by atoms with Crippen molar-refractivity contribution >= 4 is 11.6 Å². The molecule has 1 aromatic carbocycles. The molecule has 0 aliphatic carbocycles. The van der Waals surface area contributed by atoms with Crippen LogP contribution in [-0.2, 0) is 11.2 Å². The Labute approximate surface area is 107 Å². The van der Waals surface area contributed by atoms with E-state index < -0.39 is 0 Å². The molecule has 0 bridgehead atoms. The molecule has 4 heteroatoms. The van der Waals surface area contributed by atoms with Gasteiger partial charge < -0.3 is 14.8 Å². The van der Waals surface area contributed by atoms with Gasteiger partial charge in [0.1, 0.15) is 5.75 Å². The van der Waals surface area contributed by atoms with Crippen LogP contribution < -0.4 is 10.1 Å². The standard InChI is InChI=1S/C13H18ClNO2/c1-13(9-17-6-5-15-13)8-10-3-4-12(16-2)11(14)7-10/h3-4,7,15H,5-6,8-9H2,1-2H3. The second-order valence-corrected chi connectivity index (χ2v) is 5.09. The van der Waals surface area contributed by atoms with Gasteiger partial charge in [0.05, 0.1) is 25.3 Å². The maximum absolute atomic E-state index is 6.12. The zero-order valence-electron chi connectivity index (χ0n) is 10.3. The topological polar surface area (TPSA) is 30.5 Å². The van der Waals surface area contributed by atoms with Crippen molar-refractivity contribution < 1.29 is 9.47 Å². The molecule has 94 valence electrons. The minimum Gasteiger partial charge on any atom is -0.495 e. The van der Waals surface area contributed by atoms with Gasteiger partial charge in [-0.3, -0.25) is 0 Å². The van der Waals surface area contributed by atoms with Gasteiger partial charge in [0.15, 0.2) is 0 Å². The van der Waals surface area contributed by atoms with Crippen LogP contribution in [0.15, 0.2) is 18.2 Å². The predicted molar refractivity (Wildman–Crippen MR) is 68.9 cm³/mol. The van der Waals surface area contributed by atoms with Gasteiger partial charge in [0.25, 0.3) is 0 Å². The maximum atomic E-state index is 6.12. The molecular weight excluding hydrogens is 238 g/mol. The summed E-state index contributed by atoms with van der Waals surface area (Å²) in [4.78, 5) is 0. The van der Waals surface area contributed by atoms with Gasteiger partial charge in [-0.2, -0.15) is 0 Å². The van der Waals surface area contributed by atoms with E-state index in [0.717, 1.165) is 26.2 Å². The highest BCUT2D eigenvalue weighted by Crippen LogP contribution is 2.27. The van der Waals surface area contributed by atoms with Crippen LogP contribution in [0.2, 0.25) is 5.02 Å². The number of halogens is 1. The van der Waals surface area contributed by atoms with Crippen molar-refractivity contribution in [2.75, 3.05) is 26.9 Å². The van der Waals surface area contributed by atoms with E-state index in [1.165, 1.54) is 5.56 Å². The first-order valence-corrected chi connectivity index (χ1v) is 6.16. The zero-order chi connectivity index (χ0) is 12.3. The van der Waals surface area contributed by atoms with Crippen LogP contribution in [0.5, 0.6) is 5.75 Å². The highest BCUT2D eigenvalue weighted by Gasteiger charge is 2.27. The average molecular weight is 256 g/mol. The van der Waals surface area contributed by atoms with Gasteiger partial charge in [0, 0.05) is 12.1 Å². The molecule has 2 rings (SSSR count). The summed E-state index contributed by atoms with van der Waals surface area (Å²) in [5.41, 5.74) is 1.19. The normalized spacial score (nSPS) is 24.6. The molecule has 1 saturated heterocycles. The molecule has 3 nitrogen and oxygen atoms in total. The molecular formula is C13H18ClNO2. The van der Waals surface area contributed by atoms with Gasteiger partial charge in [-0.25, -0.2) is 0 Å². The van der Waals surface area contributed by atoms with E-state index in [1.54, 1.807) is 7.11 Å². The molecule has 1 atom stereocenters. The van der Waals surface area contributed by atoms with Crippen molar-refractivity contribution in [1.82, 2.24) is 5.32 Å². The summed E-state index contributed by atoms with van der Waals surface area (Å²) in [5, 5.41) is 4.15. The third kappa shape index (κ3) is 3.12. The van der Waals surface area contributed by atoms with Crippen LogP contribution in [-0.4, -0.2) is 32.4 Å². The number of morpholine rings is 1. The Morgan fingerprint density at radius 3 is 2.94 bits per heavy atom. The molecule has 0 aromatic heterocycles. The molecule has 1 aromatic rings. The van der Waals surface area contributed by atoms with Crippen LogP contribution in [0.25, 0.3) is 0 Å². The number of methoxy groups -OCH3 is 1. The van der Waals surface area contributed by atoms with Crippen LogP contribution in [0.3, 0.4) is 0 Å². The summed E-state index contributed by atoms with van der Waals surface area (Å²) in [6.07, 6.45) is 0.900. The summed E-state index contributed by atoms with van der Waals surface area (Å²) < 4.78 is 10.7.